The first-order valence-corrected chi connectivity index (χ1v) is 4.83. The SMILES string of the molecule is [N-]=[N+]=N[C@@H](c1ccccc1)[C@@H](O)c1nnn[nH]1. The standard InChI is InChI=1S/C9H9N7O/c10-14-11-7(6-4-2-1-3-5-6)8(17)9-12-15-16-13-9/h1-5,7-8,17H,(H,12,13,15,16)/t7-,8+/m0/s1. The van der Waals surface area contributed by atoms with Crippen LogP contribution in [0.3, 0.4) is 0 Å². The average molecular weight is 231 g/mol. The van der Waals surface area contributed by atoms with E-state index in [1.807, 2.05) is 6.07 Å². The molecule has 86 valence electrons. The van der Waals surface area contributed by atoms with Gasteiger partial charge in [0.2, 0.25) is 0 Å². The third kappa shape index (κ3) is 2.39. The van der Waals surface area contributed by atoms with E-state index in [2.05, 4.69) is 30.7 Å². The van der Waals surface area contributed by atoms with Crippen molar-refractivity contribution in [1.82, 2.24) is 20.6 Å². The van der Waals surface area contributed by atoms with Crippen LogP contribution in [0.1, 0.15) is 23.5 Å². The molecule has 1 aromatic carbocycles. The number of aliphatic hydroxyl groups is 1. The Bertz CT molecular complexity index is 505. The minimum atomic E-state index is -1.11. The summed E-state index contributed by atoms with van der Waals surface area (Å²) < 4.78 is 0. The lowest BCUT2D eigenvalue weighted by Gasteiger charge is -2.15. The maximum absolute atomic E-state index is 10.0. The van der Waals surface area contributed by atoms with Crippen molar-refractivity contribution in [3.05, 3.63) is 52.2 Å². The number of benzene rings is 1. The largest absolute Gasteiger partial charge is 0.384 e. The molecular weight excluding hydrogens is 222 g/mol. The molecule has 2 aromatic rings. The molecule has 0 bridgehead atoms. The highest BCUT2D eigenvalue weighted by Crippen LogP contribution is 2.29. The third-order valence-corrected chi connectivity index (χ3v) is 2.26. The van der Waals surface area contributed by atoms with Crippen molar-refractivity contribution >= 4 is 0 Å². The number of H-pyrrole nitrogens is 1. The normalized spacial score (nSPS) is 13.7. The molecule has 0 unspecified atom stereocenters. The third-order valence-electron chi connectivity index (χ3n) is 2.26. The highest BCUT2D eigenvalue weighted by molar-refractivity contribution is 5.21. The lowest BCUT2D eigenvalue weighted by molar-refractivity contribution is 0.137. The summed E-state index contributed by atoms with van der Waals surface area (Å²) >= 11 is 0. The van der Waals surface area contributed by atoms with E-state index in [1.54, 1.807) is 24.3 Å². The first kappa shape index (κ1) is 11.1. The first-order valence-electron chi connectivity index (χ1n) is 4.83. The van der Waals surface area contributed by atoms with Gasteiger partial charge in [0.05, 0.1) is 6.04 Å². The second-order valence-electron chi connectivity index (χ2n) is 3.29. The van der Waals surface area contributed by atoms with Crippen molar-refractivity contribution in [3.8, 4) is 0 Å². The molecule has 0 saturated carbocycles. The van der Waals surface area contributed by atoms with E-state index in [-0.39, 0.29) is 5.82 Å². The van der Waals surface area contributed by atoms with Crippen molar-refractivity contribution < 1.29 is 5.11 Å². The zero-order valence-corrected chi connectivity index (χ0v) is 8.67. The number of hydrogen-bond acceptors (Lipinski definition) is 5. The molecule has 17 heavy (non-hydrogen) atoms. The van der Waals surface area contributed by atoms with Crippen LogP contribution in [0.15, 0.2) is 35.4 Å². The van der Waals surface area contributed by atoms with E-state index < -0.39 is 12.1 Å². The molecule has 0 aliphatic carbocycles. The second-order valence-corrected chi connectivity index (χ2v) is 3.29. The van der Waals surface area contributed by atoms with Gasteiger partial charge in [-0.05, 0) is 21.5 Å². The molecule has 0 aliphatic heterocycles. The summed E-state index contributed by atoms with van der Waals surface area (Å²) in [7, 11) is 0. The van der Waals surface area contributed by atoms with Crippen LogP contribution in [0.4, 0.5) is 0 Å². The molecule has 1 heterocycles. The molecule has 2 rings (SSSR count). The highest BCUT2D eigenvalue weighted by Gasteiger charge is 2.24. The summed E-state index contributed by atoms with van der Waals surface area (Å²) in [5, 5.41) is 26.3. The smallest absolute Gasteiger partial charge is 0.178 e. The zero-order chi connectivity index (χ0) is 12.1. The molecule has 1 aromatic heterocycles. The fourth-order valence-electron chi connectivity index (χ4n) is 1.46. The Morgan fingerprint density at radius 3 is 2.71 bits per heavy atom. The molecule has 0 radical (unpaired) electrons. The molecule has 0 saturated heterocycles. The van der Waals surface area contributed by atoms with Gasteiger partial charge in [0.1, 0.15) is 6.10 Å². The summed E-state index contributed by atoms with van der Waals surface area (Å²) in [5.74, 6) is 0.159. The van der Waals surface area contributed by atoms with Crippen molar-refractivity contribution in [2.45, 2.75) is 12.1 Å². The van der Waals surface area contributed by atoms with Crippen molar-refractivity contribution in [3.63, 3.8) is 0 Å². The number of azide groups is 1. The first-order chi connectivity index (χ1) is 8.33. The molecule has 2 atom stereocenters. The van der Waals surface area contributed by atoms with Crippen LogP contribution in [0.2, 0.25) is 0 Å². The lowest BCUT2D eigenvalue weighted by atomic mass is 10.0. The second kappa shape index (κ2) is 5.06. The number of hydrogen-bond donors (Lipinski definition) is 2. The highest BCUT2D eigenvalue weighted by atomic mass is 16.3. The van der Waals surface area contributed by atoms with Gasteiger partial charge < -0.3 is 5.11 Å². The number of nitrogens with zero attached hydrogens (tertiary/aromatic N) is 6. The van der Waals surface area contributed by atoms with Crippen LogP contribution in [0.25, 0.3) is 10.4 Å². The Balaban J connectivity index is 2.33. The number of nitrogens with one attached hydrogen (secondary N) is 1. The molecule has 0 aliphatic rings. The van der Waals surface area contributed by atoms with Crippen molar-refractivity contribution in [2.75, 3.05) is 0 Å². The molecule has 2 N–H and O–H groups in total. The van der Waals surface area contributed by atoms with Gasteiger partial charge in [-0.15, -0.1) is 5.10 Å². The van der Waals surface area contributed by atoms with E-state index in [0.29, 0.717) is 5.56 Å². The van der Waals surface area contributed by atoms with Crippen LogP contribution in [-0.2, 0) is 0 Å². The van der Waals surface area contributed by atoms with Crippen LogP contribution in [0.5, 0.6) is 0 Å². The van der Waals surface area contributed by atoms with Gasteiger partial charge in [0, 0.05) is 4.91 Å². The summed E-state index contributed by atoms with van der Waals surface area (Å²) in [6.07, 6.45) is -1.11. The molecule has 8 nitrogen and oxygen atoms in total. The predicted molar refractivity (Wildman–Crippen MR) is 57.5 cm³/mol. The van der Waals surface area contributed by atoms with Crippen molar-refractivity contribution in [1.29, 1.82) is 0 Å². The van der Waals surface area contributed by atoms with Gasteiger partial charge in [-0.2, -0.15) is 0 Å². The van der Waals surface area contributed by atoms with E-state index >= 15 is 0 Å². The summed E-state index contributed by atoms with van der Waals surface area (Å²) in [5.41, 5.74) is 9.22. The quantitative estimate of drug-likeness (QED) is 0.467. The number of aliphatic hydroxyl groups excluding tert-OH is 1. The zero-order valence-electron chi connectivity index (χ0n) is 8.67. The minimum Gasteiger partial charge on any atom is -0.384 e. The van der Waals surface area contributed by atoms with Gasteiger partial charge in [0.15, 0.2) is 5.82 Å². The van der Waals surface area contributed by atoms with E-state index in [1.165, 1.54) is 0 Å². The van der Waals surface area contributed by atoms with Gasteiger partial charge >= 0.3 is 0 Å². The van der Waals surface area contributed by atoms with Crippen LogP contribution in [0, 0.1) is 0 Å². The molecule has 0 fully saturated rings. The Labute approximate surface area is 95.9 Å². The Morgan fingerprint density at radius 2 is 2.12 bits per heavy atom. The van der Waals surface area contributed by atoms with E-state index in [0.717, 1.165) is 0 Å². The van der Waals surface area contributed by atoms with E-state index in [4.69, 9.17) is 5.53 Å². The van der Waals surface area contributed by atoms with Gasteiger partial charge in [0.25, 0.3) is 0 Å². The topological polar surface area (TPSA) is 123 Å². The van der Waals surface area contributed by atoms with Gasteiger partial charge in [-0.3, -0.25) is 0 Å². The maximum Gasteiger partial charge on any atom is 0.178 e. The fourth-order valence-corrected chi connectivity index (χ4v) is 1.46. The van der Waals surface area contributed by atoms with Crippen LogP contribution < -0.4 is 0 Å². The Hall–Kier alpha value is -2.44. The average Bonchev–Trinajstić information content (AvgIpc) is 2.90. The number of aromatic nitrogens is 4. The molecule has 8 heteroatoms. The summed E-state index contributed by atoms with van der Waals surface area (Å²) in [6.45, 7) is 0. The maximum atomic E-state index is 10.0. The summed E-state index contributed by atoms with van der Waals surface area (Å²) in [4.78, 5) is 2.73. The van der Waals surface area contributed by atoms with Gasteiger partial charge in [-0.25, -0.2) is 5.10 Å². The predicted octanol–water partition coefficient (Wildman–Crippen LogP) is 1.28. The molecule has 0 amide bonds. The Kier molecular flexibility index (Phi) is 3.29. The van der Waals surface area contributed by atoms with Crippen molar-refractivity contribution in [2.24, 2.45) is 5.11 Å². The monoisotopic (exact) mass is 231 g/mol. The molecule has 0 spiro atoms. The Morgan fingerprint density at radius 1 is 1.35 bits per heavy atom. The number of aromatic amines is 1. The van der Waals surface area contributed by atoms with Crippen LogP contribution in [-0.4, -0.2) is 25.7 Å². The number of rotatable bonds is 4. The summed E-state index contributed by atoms with van der Waals surface area (Å²) in [6, 6.07) is 8.16. The fraction of sp³-hybridized carbons (Fsp3) is 0.222. The van der Waals surface area contributed by atoms with Gasteiger partial charge in [-0.1, -0.05) is 35.4 Å². The molecular formula is C9H9N7O. The minimum absolute atomic E-state index is 0.159. The van der Waals surface area contributed by atoms with Crippen LogP contribution >= 0.6 is 0 Å². The number of tetrazole rings is 1. The van der Waals surface area contributed by atoms with E-state index in [9.17, 15) is 5.11 Å². The lowest BCUT2D eigenvalue weighted by Crippen LogP contribution is -2.10.